The van der Waals surface area contributed by atoms with E-state index in [0.717, 1.165) is 0 Å². The second-order valence-electron chi connectivity index (χ2n) is 10.9. The Morgan fingerprint density at radius 2 is 2.10 bits per heavy atom. The Bertz CT molecular complexity index is 1400. The van der Waals surface area contributed by atoms with E-state index in [1.54, 1.807) is 54.3 Å². The van der Waals surface area contributed by atoms with E-state index in [0.29, 0.717) is 40.6 Å². The molecular weight excluding hydrogens is 571 g/mol. The summed E-state index contributed by atoms with van der Waals surface area (Å²) in [5.41, 5.74) is 1.29. The van der Waals surface area contributed by atoms with Crippen molar-refractivity contribution in [2.75, 3.05) is 32.8 Å². The van der Waals surface area contributed by atoms with Gasteiger partial charge < -0.3 is 15.2 Å². The van der Waals surface area contributed by atoms with Gasteiger partial charge in [-0.15, -0.1) is 11.3 Å². The Morgan fingerprint density at radius 1 is 1.31 bits per heavy atom. The van der Waals surface area contributed by atoms with E-state index < -0.39 is 54.3 Å². The van der Waals surface area contributed by atoms with Gasteiger partial charge in [0.25, 0.3) is 5.92 Å². The first kappa shape index (κ1) is 30.2. The maximum Gasteiger partial charge on any atom is 0.338 e. The lowest BCUT2D eigenvalue weighted by atomic mass is 9.92. The molecule has 226 valence electrons. The molecule has 1 aromatic carbocycles. The molecule has 3 aliphatic heterocycles. The van der Waals surface area contributed by atoms with Crippen molar-refractivity contribution in [1.29, 1.82) is 0 Å². The molecule has 4 heterocycles. The number of aromatic nitrogens is 1. The van der Waals surface area contributed by atoms with Crippen molar-refractivity contribution in [2.24, 2.45) is 10.9 Å². The number of nitrogens with zero attached hydrogens (tertiary/aromatic N) is 4. The number of aliphatic carboxylic acids is 1. The lowest BCUT2D eigenvalue weighted by Crippen LogP contribution is -2.46. The predicted octanol–water partition coefficient (Wildman–Crippen LogP) is 4.00. The number of carbonyl (C=O) groups is 2. The fourth-order valence-corrected chi connectivity index (χ4v) is 6.71. The van der Waals surface area contributed by atoms with Crippen molar-refractivity contribution in [3.63, 3.8) is 0 Å². The molecule has 0 bridgehead atoms. The highest BCUT2D eigenvalue weighted by Crippen LogP contribution is 2.43. The molecule has 2 saturated heterocycles. The molecule has 0 aliphatic carbocycles. The number of carboxylic acids is 1. The number of carbonyl (C=O) groups excluding carboxylic acids is 1. The average molecular weight is 606 g/mol. The van der Waals surface area contributed by atoms with Gasteiger partial charge in [0.2, 0.25) is 0 Å². The number of hydrogen-bond acceptors (Lipinski definition) is 9. The van der Waals surface area contributed by atoms with Crippen LogP contribution in [0.3, 0.4) is 0 Å². The normalized spacial score (nSPS) is 24.7. The number of hydrogen-bond donors (Lipinski definition) is 2. The predicted molar refractivity (Wildman–Crippen MR) is 151 cm³/mol. The first-order chi connectivity index (χ1) is 20.0. The summed E-state index contributed by atoms with van der Waals surface area (Å²) in [4.78, 5) is 37.2. The molecule has 42 heavy (non-hydrogen) atoms. The van der Waals surface area contributed by atoms with Crippen LogP contribution >= 0.6 is 11.3 Å². The summed E-state index contributed by atoms with van der Waals surface area (Å²) < 4.78 is 51.2. The average Bonchev–Trinajstić information content (AvgIpc) is 3.68. The molecule has 2 fully saturated rings. The van der Waals surface area contributed by atoms with Crippen molar-refractivity contribution in [2.45, 2.75) is 57.7 Å². The fraction of sp³-hybridized carbons (Fsp3) is 0.517. The van der Waals surface area contributed by atoms with Crippen LogP contribution in [0, 0.1) is 18.7 Å². The van der Waals surface area contributed by atoms with Crippen LogP contribution in [0.2, 0.25) is 0 Å². The summed E-state index contributed by atoms with van der Waals surface area (Å²) in [7, 11) is 0. The first-order valence-electron chi connectivity index (χ1n) is 14.0. The number of halogens is 3. The van der Waals surface area contributed by atoms with Crippen LogP contribution in [-0.2, 0) is 14.3 Å². The quantitative estimate of drug-likeness (QED) is 0.392. The van der Waals surface area contributed by atoms with Crippen LogP contribution in [0.5, 0.6) is 0 Å². The van der Waals surface area contributed by atoms with Gasteiger partial charge in [0.15, 0.2) is 10.8 Å². The van der Waals surface area contributed by atoms with E-state index in [1.165, 1.54) is 17.4 Å². The van der Waals surface area contributed by atoms with E-state index >= 15 is 8.78 Å². The van der Waals surface area contributed by atoms with Crippen LogP contribution in [0.15, 0.2) is 46.0 Å². The summed E-state index contributed by atoms with van der Waals surface area (Å²) in [5, 5.41) is 14.8. The molecule has 0 saturated carbocycles. The topological polar surface area (TPSA) is 107 Å². The third-order valence-electron chi connectivity index (χ3n) is 8.28. The largest absolute Gasteiger partial charge is 0.481 e. The Morgan fingerprint density at radius 3 is 2.79 bits per heavy atom. The smallest absolute Gasteiger partial charge is 0.338 e. The van der Waals surface area contributed by atoms with Gasteiger partial charge in [0, 0.05) is 36.4 Å². The standard InChI is InChI=1S/C29H34F3N5O4S/c1-4-41-28(40)22-20(14-37-15-29(31,32)24-21(37)9-12-36(24)11-8-16(2)27(38)39)34-25(26-33-10-13-42-26)35-23(22)18-6-5-7-19(30)17(18)3/h5-7,10,13,16,21,23-24H,4,8-9,11-12,14-15H2,1-3H3,(H,34,35)(H,38,39)/t16?,21-,23-,24+/m0/s1. The molecule has 3 aliphatic rings. The number of aliphatic imine (C=N–C) groups is 1. The number of amidine groups is 1. The second-order valence-corrected chi connectivity index (χ2v) is 11.8. The van der Waals surface area contributed by atoms with Gasteiger partial charge in [0.05, 0.1) is 30.7 Å². The van der Waals surface area contributed by atoms with Crippen molar-refractivity contribution < 1.29 is 32.6 Å². The van der Waals surface area contributed by atoms with Crippen LogP contribution in [0.25, 0.3) is 0 Å². The van der Waals surface area contributed by atoms with Gasteiger partial charge in [-0.3, -0.25) is 19.6 Å². The number of thiazole rings is 1. The maximum absolute atomic E-state index is 15.6. The van der Waals surface area contributed by atoms with E-state index in [4.69, 9.17) is 9.73 Å². The number of rotatable bonds is 10. The van der Waals surface area contributed by atoms with Crippen LogP contribution < -0.4 is 5.32 Å². The van der Waals surface area contributed by atoms with Crippen molar-refractivity contribution in [3.05, 3.63) is 63.0 Å². The van der Waals surface area contributed by atoms with Crippen molar-refractivity contribution in [1.82, 2.24) is 20.1 Å². The molecule has 4 atom stereocenters. The van der Waals surface area contributed by atoms with E-state index in [-0.39, 0.29) is 31.7 Å². The van der Waals surface area contributed by atoms with Gasteiger partial charge >= 0.3 is 11.9 Å². The summed E-state index contributed by atoms with van der Waals surface area (Å²) in [6.45, 7) is 5.08. The molecule has 2 aromatic rings. The molecule has 9 nitrogen and oxygen atoms in total. The number of likely N-dealkylation sites (tertiary alicyclic amines) is 2. The third kappa shape index (κ3) is 5.82. The minimum absolute atomic E-state index is 0.0144. The van der Waals surface area contributed by atoms with E-state index in [9.17, 15) is 19.1 Å². The van der Waals surface area contributed by atoms with Gasteiger partial charge in [-0.25, -0.2) is 22.9 Å². The SMILES string of the molecule is CCOC(=O)C1=C(CN2CC(F)(F)[C@H]3[C@@H]2CCN3CCC(C)C(=O)O)NC(c2nccs2)=N[C@H]1c1cccc(F)c1C. The van der Waals surface area contributed by atoms with Gasteiger partial charge in [0.1, 0.15) is 11.9 Å². The number of ether oxygens (including phenoxy) is 1. The highest BCUT2D eigenvalue weighted by Gasteiger charge is 2.59. The Balaban J connectivity index is 1.51. The fourth-order valence-electron chi connectivity index (χ4n) is 6.12. The second kappa shape index (κ2) is 12.1. The molecule has 5 rings (SSSR count). The Labute approximate surface area is 246 Å². The monoisotopic (exact) mass is 605 g/mol. The zero-order valence-electron chi connectivity index (χ0n) is 23.6. The van der Waals surface area contributed by atoms with E-state index in [2.05, 4.69) is 10.3 Å². The molecule has 1 aromatic heterocycles. The highest BCUT2D eigenvalue weighted by molar-refractivity contribution is 7.11. The number of alkyl halides is 2. The molecule has 2 N–H and O–H groups in total. The molecular formula is C29H34F3N5O4S. The minimum Gasteiger partial charge on any atom is -0.481 e. The van der Waals surface area contributed by atoms with Crippen LogP contribution in [0.1, 0.15) is 48.9 Å². The number of esters is 1. The van der Waals surface area contributed by atoms with Crippen molar-refractivity contribution in [3.8, 4) is 0 Å². The highest BCUT2D eigenvalue weighted by atomic mass is 32.1. The Hall–Kier alpha value is -3.29. The lowest BCUT2D eigenvalue weighted by Gasteiger charge is -2.31. The Kier molecular flexibility index (Phi) is 8.72. The maximum atomic E-state index is 15.6. The third-order valence-corrected chi connectivity index (χ3v) is 9.06. The molecule has 0 spiro atoms. The minimum atomic E-state index is -3.04. The number of benzene rings is 1. The van der Waals surface area contributed by atoms with Gasteiger partial charge in [-0.1, -0.05) is 19.1 Å². The lowest BCUT2D eigenvalue weighted by molar-refractivity contribution is -0.141. The van der Waals surface area contributed by atoms with Gasteiger partial charge in [-0.05, 0) is 50.4 Å². The molecule has 0 radical (unpaired) electrons. The zero-order chi connectivity index (χ0) is 30.2. The molecule has 0 amide bonds. The number of fused-ring (bicyclic) bond motifs is 1. The first-order valence-corrected chi connectivity index (χ1v) is 14.9. The summed E-state index contributed by atoms with van der Waals surface area (Å²) >= 11 is 1.32. The summed E-state index contributed by atoms with van der Waals surface area (Å²) in [6.07, 6.45) is 2.36. The van der Waals surface area contributed by atoms with Crippen LogP contribution in [0.4, 0.5) is 13.2 Å². The molecule has 13 heteroatoms. The van der Waals surface area contributed by atoms with Gasteiger partial charge in [-0.2, -0.15) is 0 Å². The number of nitrogens with one attached hydrogen (secondary N) is 1. The van der Waals surface area contributed by atoms with Crippen LogP contribution in [-0.4, -0.2) is 88.5 Å². The number of carboxylic acid groups (broad SMARTS) is 1. The zero-order valence-corrected chi connectivity index (χ0v) is 24.5. The molecule has 1 unspecified atom stereocenters. The summed E-state index contributed by atoms with van der Waals surface area (Å²) in [6, 6.07) is 2.06. The summed E-state index contributed by atoms with van der Waals surface area (Å²) in [5.74, 6) is -5.38. The van der Waals surface area contributed by atoms with Crippen molar-refractivity contribution >= 4 is 29.1 Å². The van der Waals surface area contributed by atoms with E-state index in [1.807, 2.05) is 0 Å².